The molecule has 7 heteroatoms. The maximum Gasteiger partial charge on any atom is 0.253 e. The number of benzene rings is 1. The monoisotopic (exact) mass is 314 g/mol. The molecule has 0 saturated heterocycles. The number of primary sulfonamides is 1. The molecule has 0 unspecified atom stereocenters. The molecular formula is C14H22N2O4S. The lowest BCUT2D eigenvalue weighted by Gasteiger charge is -2.19. The molecule has 0 saturated carbocycles. The van der Waals surface area contributed by atoms with Gasteiger partial charge in [0.15, 0.2) is 0 Å². The van der Waals surface area contributed by atoms with Crippen LogP contribution in [0.4, 0.5) is 0 Å². The van der Waals surface area contributed by atoms with E-state index in [1.165, 1.54) is 6.07 Å². The van der Waals surface area contributed by atoms with Crippen molar-refractivity contribution in [2.24, 2.45) is 5.14 Å². The molecule has 0 radical (unpaired) electrons. The Kier molecular flexibility index (Phi) is 5.88. The van der Waals surface area contributed by atoms with Crippen molar-refractivity contribution in [3.05, 3.63) is 28.8 Å². The van der Waals surface area contributed by atoms with Crippen LogP contribution < -0.4 is 5.14 Å². The van der Waals surface area contributed by atoms with Gasteiger partial charge in [0.2, 0.25) is 10.0 Å². The van der Waals surface area contributed by atoms with E-state index in [0.29, 0.717) is 30.7 Å². The fraction of sp³-hybridized carbons (Fsp3) is 0.500. The number of aryl methyl sites for hydroxylation is 2. The molecule has 1 aromatic rings. The van der Waals surface area contributed by atoms with Gasteiger partial charge in [-0.15, -0.1) is 0 Å². The highest BCUT2D eigenvalue weighted by Gasteiger charge is 2.19. The zero-order chi connectivity index (χ0) is 16.2. The molecule has 1 amide bonds. The second kappa shape index (κ2) is 7.02. The number of hydrogen-bond acceptors (Lipinski definition) is 4. The first-order chi connectivity index (χ1) is 9.68. The molecule has 21 heavy (non-hydrogen) atoms. The summed E-state index contributed by atoms with van der Waals surface area (Å²) in [6.07, 6.45) is 0.714. The number of nitrogens with zero attached hydrogens (tertiary/aromatic N) is 1. The fourth-order valence-electron chi connectivity index (χ4n) is 2.12. The van der Waals surface area contributed by atoms with Crippen molar-refractivity contribution >= 4 is 15.9 Å². The number of carbonyl (C=O) groups excluding carboxylic acids is 1. The molecule has 0 aliphatic heterocycles. The topological polar surface area (TPSA) is 89.7 Å². The third-order valence-corrected chi connectivity index (χ3v) is 4.30. The van der Waals surface area contributed by atoms with Crippen molar-refractivity contribution in [1.82, 2.24) is 4.90 Å². The largest absolute Gasteiger partial charge is 0.385 e. The molecule has 0 aliphatic carbocycles. The summed E-state index contributed by atoms with van der Waals surface area (Å²) in [5, 5.41) is 5.18. The van der Waals surface area contributed by atoms with Gasteiger partial charge < -0.3 is 9.64 Å². The van der Waals surface area contributed by atoms with Gasteiger partial charge in [-0.3, -0.25) is 4.79 Å². The molecule has 6 nitrogen and oxygen atoms in total. The SMILES string of the molecule is COCCCN(C)C(=O)c1cc(S(N)(=O)=O)c(C)cc1C. The van der Waals surface area contributed by atoms with Crippen LogP contribution in [0, 0.1) is 13.8 Å². The lowest BCUT2D eigenvalue weighted by molar-refractivity contribution is 0.0778. The maximum absolute atomic E-state index is 12.4. The van der Waals surface area contributed by atoms with E-state index >= 15 is 0 Å². The first kappa shape index (κ1) is 17.6. The summed E-state index contributed by atoms with van der Waals surface area (Å²) in [7, 11) is -0.568. The highest BCUT2D eigenvalue weighted by atomic mass is 32.2. The van der Waals surface area contributed by atoms with E-state index < -0.39 is 10.0 Å². The van der Waals surface area contributed by atoms with Crippen LogP contribution in [0.25, 0.3) is 0 Å². The van der Waals surface area contributed by atoms with Crippen LogP contribution in [0.3, 0.4) is 0 Å². The Balaban J connectivity index is 3.10. The van der Waals surface area contributed by atoms with E-state index in [1.54, 1.807) is 39.0 Å². The van der Waals surface area contributed by atoms with Crippen molar-refractivity contribution in [2.45, 2.75) is 25.2 Å². The van der Waals surface area contributed by atoms with Crippen LogP contribution in [-0.2, 0) is 14.8 Å². The van der Waals surface area contributed by atoms with E-state index in [4.69, 9.17) is 9.88 Å². The molecule has 0 fully saturated rings. The Morgan fingerprint density at radius 3 is 2.43 bits per heavy atom. The highest BCUT2D eigenvalue weighted by Crippen LogP contribution is 2.20. The summed E-state index contributed by atoms with van der Waals surface area (Å²) in [4.78, 5) is 13.9. The van der Waals surface area contributed by atoms with Gasteiger partial charge >= 0.3 is 0 Å². The molecule has 0 atom stereocenters. The van der Waals surface area contributed by atoms with E-state index in [2.05, 4.69) is 0 Å². The number of carbonyl (C=O) groups is 1. The van der Waals surface area contributed by atoms with E-state index in [0.717, 1.165) is 5.56 Å². The summed E-state index contributed by atoms with van der Waals surface area (Å²) >= 11 is 0. The maximum atomic E-state index is 12.4. The third kappa shape index (κ3) is 4.52. The average Bonchev–Trinajstić information content (AvgIpc) is 2.36. The van der Waals surface area contributed by atoms with Crippen LogP contribution in [0.15, 0.2) is 17.0 Å². The number of methoxy groups -OCH3 is 1. The molecule has 118 valence electrons. The number of hydrogen-bond donors (Lipinski definition) is 1. The second-order valence-electron chi connectivity index (χ2n) is 5.05. The van der Waals surface area contributed by atoms with Crippen LogP contribution in [0.5, 0.6) is 0 Å². The van der Waals surface area contributed by atoms with Crippen molar-refractivity contribution in [1.29, 1.82) is 0 Å². The minimum Gasteiger partial charge on any atom is -0.385 e. The van der Waals surface area contributed by atoms with Gasteiger partial charge in [0.1, 0.15) is 0 Å². The number of rotatable bonds is 6. The summed E-state index contributed by atoms with van der Waals surface area (Å²) < 4.78 is 28.1. The van der Waals surface area contributed by atoms with E-state index in [9.17, 15) is 13.2 Å². The standard InChI is InChI=1S/C14H22N2O4S/c1-10-8-11(2)13(21(15,18)19)9-12(10)14(17)16(3)6-5-7-20-4/h8-9H,5-7H2,1-4H3,(H2,15,18,19). The molecule has 1 aromatic carbocycles. The van der Waals surface area contributed by atoms with Crippen LogP contribution in [-0.4, -0.2) is 46.5 Å². The smallest absolute Gasteiger partial charge is 0.253 e. The summed E-state index contributed by atoms with van der Waals surface area (Å²) in [6.45, 7) is 4.52. The Hall–Kier alpha value is -1.44. The molecule has 0 heterocycles. The van der Waals surface area contributed by atoms with Gasteiger partial charge in [0.25, 0.3) is 5.91 Å². The Morgan fingerprint density at radius 2 is 1.90 bits per heavy atom. The minimum absolute atomic E-state index is 0.0123. The molecular weight excluding hydrogens is 292 g/mol. The third-order valence-electron chi connectivity index (χ3n) is 3.25. The van der Waals surface area contributed by atoms with Crippen molar-refractivity contribution in [3.8, 4) is 0 Å². The van der Waals surface area contributed by atoms with Crippen LogP contribution >= 0.6 is 0 Å². The predicted molar refractivity (Wildman–Crippen MR) is 80.7 cm³/mol. The summed E-state index contributed by atoms with van der Waals surface area (Å²) in [5.74, 6) is -0.228. The van der Waals surface area contributed by atoms with E-state index in [1.807, 2.05) is 0 Å². The fourth-order valence-corrected chi connectivity index (χ4v) is 2.91. The van der Waals surface area contributed by atoms with E-state index in [-0.39, 0.29) is 10.8 Å². The quantitative estimate of drug-likeness (QED) is 0.795. The van der Waals surface area contributed by atoms with Gasteiger partial charge in [-0.1, -0.05) is 6.07 Å². The summed E-state index contributed by atoms with van der Waals surface area (Å²) in [6, 6.07) is 3.02. The van der Waals surface area contributed by atoms with Gasteiger partial charge in [-0.25, -0.2) is 13.6 Å². The zero-order valence-corrected chi connectivity index (χ0v) is 13.7. The number of nitrogens with two attached hydrogens (primary N) is 1. The number of ether oxygens (including phenoxy) is 1. The average molecular weight is 314 g/mol. The highest BCUT2D eigenvalue weighted by molar-refractivity contribution is 7.89. The number of amides is 1. The zero-order valence-electron chi connectivity index (χ0n) is 12.8. The molecule has 0 aromatic heterocycles. The second-order valence-corrected chi connectivity index (χ2v) is 6.58. The van der Waals surface area contributed by atoms with Crippen LogP contribution in [0.1, 0.15) is 27.9 Å². The van der Waals surface area contributed by atoms with Gasteiger partial charge in [0.05, 0.1) is 4.90 Å². The predicted octanol–water partition coefficient (Wildman–Crippen LogP) is 1.06. The van der Waals surface area contributed by atoms with Gasteiger partial charge in [0, 0.05) is 32.9 Å². The van der Waals surface area contributed by atoms with Crippen molar-refractivity contribution in [3.63, 3.8) is 0 Å². The lowest BCUT2D eigenvalue weighted by atomic mass is 10.0. The lowest BCUT2D eigenvalue weighted by Crippen LogP contribution is -2.29. The minimum atomic E-state index is -3.84. The first-order valence-electron chi connectivity index (χ1n) is 6.57. The summed E-state index contributed by atoms with van der Waals surface area (Å²) in [5.41, 5.74) is 1.61. The Labute approximate surface area is 125 Å². The molecule has 0 spiro atoms. The van der Waals surface area contributed by atoms with Gasteiger partial charge in [-0.2, -0.15) is 0 Å². The first-order valence-corrected chi connectivity index (χ1v) is 8.11. The normalized spacial score (nSPS) is 11.5. The Morgan fingerprint density at radius 1 is 1.29 bits per heavy atom. The Bertz CT molecular complexity index is 626. The van der Waals surface area contributed by atoms with Crippen molar-refractivity contribution < 1.29 is 17.9 Å². The van der Waals surface area contributed by atoms with Gasteiger partial charge in [-0.05, 0) is 37.5 Å². The molecule has 2 N–H and O–H groups in total. The van der Waals surface area contributed by atoms with Crippen LogP contribution in [0.2, 0.25) is 0 Å². The number of sulfonamides is 1. The molecule has 0 aliphatic rings. The molecule has 1 rings (SSSR count). The molecule has 0 bridgehead atoms. The van der Waals surface area contributed by atoms with Crippen molar-refractivity contribution in [2.75, 3.05) is 27.3 Å².